The Kier molecular flexibility index (Phi) is 13.2. The van der Waals surface area contributed by atoms with Gasteiger partial charge in [0.05, 0.1) is 6.61 Å². The molecule has 0 aliphatic carbocycles. The normalized spacial score (nSPS) is 36.7. The molecule has 0 saturated carbocycles. The van der Waals surface area contributed by atoms with Crippen LogP contribution >= 0.6 is 14.5 Å². The first kappa shape index (κ1) is 40.2. The van der Waals surface area contributed by atoms with Crippen LogP contribution in [-0.4, -0.2) is 139 Å². The number of phosphoric ester groups is 1. The smallest absolute Gasteiger partial charge is 0.463 e. The van der Waals surface area contributed by atoms with E-state index in [0.29, 0.717) is 0 Å². The maximum absolute atomic E-state index is 15.1. The van der Waals surface area contributed by atoms with Crippen molar-refractivity contribution in [3.8, 4) is 0 Å². The first-order chi connectivity index (χ1) is 22.0. The number of rotatable bonds is 13. The highest BCUT2D eigenvalue weighted by atomic mass is 32.5. The molecule has 2 fully saturated rings. The number of amides is 1. The zero-order chi connectivity index (χ0) is 36.4. The molecule has 13 atom stereocenters. The summed E-state index contributed by atoms with van der Waals surface area (Å²) in [6.45, 7) is -2.95. The summed E-state index contributed by atoms with van der Waals surface area (Å²) in [5, 5.41) is 44.6. The highest BCUT2D eigenvalue weighted by molar-refractivity contribution is 8.08. The first-order valence-corrected chi connectivity index (χ1v) is 17.8. The molecular weight excluding hydrogens is 721 g/mol. The van der Waals surface area contributed by atoms with Gasteiger partial charge in [-0.05, 0) is 18.7 Å². The average molecular weight is 757 g/mol. The van der Waals surface area contributed by atoms with Crippen LogP contribution in [0.4, 0.5) is 4.39 Å². The molecule has 3 aliphatic heterocycles. The van der Waals surface area contributed by atoms with E-state index >= 15 is 4.39 Å². The molecule has 0 aromatic heterocycles. The predicted octanol–water partition coefficient (Wildman–Crippen LogP) is -2.74. The minimum atomic E-state index is -5.69. The monoisotopic (exact) mass is 756 g/mol. The number of alkyl halides is 1. The minimum absolute atomic E-state index is 0.663. The lowest BCUT2D eigenvalue weighted by molar-refractivity contribution is -0.293. The van der Waals surface area contributed by atoms with Crippen molar-refractivity contribution in [1.82, 2.24) is 10.2 Å². The van der Waals surface area contributed by atoms with Crippen molar-refractivity contribution in [1.29, 1.82) is 0 Å². The number of aliphatic hydroxyl groups is 4. The van der Waals surface area contributed by atoms with Gasteiger partial charge < -0.3 is 68.6 Å². The summed E-state index contributed by atoms with van der Waals surface area (Å²) >= 11 is 4.75. The van der Waals surface area contributed by atoms with E-state index in [0.717, 1.165) is 44.9 Å². The largest absolute Gasteiger partial charge is 0.481 e. The Labute approximate surface area is 276 Å². The summed E-state index contributed by atoms with van der Waals surface area (Å²) in [7, 11) is -5.69. The predicted molar refractivity (Wildman–Crippen MR) is 152 cm³/mol. The van der Waals surface area contributed by atoms with Crippen molar-refractivity contribution in [2.75, 3.05) is 13.2 Å². The van der Waals surface area contributed by atoms with Gasteiger partial charge >= 0.3 is 32.4 Å². The number of nitrogens with one attached hydrogen (secondary N) is 1. The standard InChI is InChI=1S/C23H35FN2O19P2S/c1-9(27)38-7-12(24)16-17(40-10(2)28)15(31)18(41-11(3)29)20(43-16)44-46(35,36)45-47(37,48)39-8-13-19(32)23(4,34)21(42-13)26-6-5-14(30)25-22(26)33/h5-6,12-13,15-22,31-34H,7-8H2,1-4H3,(H,25,30)(H,35,36)(H,37,48)/t12-,13+,15?,16?,17?,18?,19+,20?,21+,22?,23+,47?/m0/s1. The second-order valence-corrected chi connectivity index (χ2v) is 15.1. The highest BCUT2D eigenvalue weighted by Gasteiger charge is 2.57. The Balaban J connectivity index is 1.74. The van der Waals surface area contributed by atoms with Crippen LogP contribution in [0.2, 0.25) is 0 Å². The Morgan fingerprint density at radius 1 is 1.10 bits per heavy atom. The summed E-state index contributed by atoms with van der Waals surface area (Å²) in [6.07, 6.45) is -17.4. The van der Waals surface area contributed by atoms with Crippen LogP contribution < -0.4 is 5.32 Å². The van der Waals surface area contributed by atoms with Gasteiger partial charge in [-0.25, -0.2) is 13.3 Å². The second kappa shape index (κ2) is 15.8. The van der Waals surface area contributed by atoms with E-state index in [-0.39, 0.29) is 0 Å². The van der Waals surface area contributed by atoms with Crippen LogP contribution in [0.3, 0.4) is 0 Å². The molecule has 48 heavy (non-hydrogen) atoms. The SMILES string of the molecule is CC(=O)OC[C@H](F)C1OC(OP(=O)(O)OP(O)(=S)OC[C@H]2O[C@@H](N3C=CC(=O)NC3O)[C@](C)(O)[C@@H]2O)C(OC(C)=O)C(O)C1OC(C)=O. The average Bonchev–Trinajstić information content (AvgIpc) is 3.16. The van der Waals surface area contributed by atoms with Crippen LogP contribution in [-0.2, 0) is 72.6 Å². The van der Waals surface area contributed by atoms with Crippen molar-refractivity contribution < 1.29 is 95.4 Å². The molecular formula is C23H35FN2O19P2S. The van der Waals surface area contributed by atoms with Gasteiger partial charge in [0.25, 0.3) is 0 Å². The van der Waals surface area contributed by atoms with E-state index in [2.05, 4.69) is 14.4 Å². The van der Waals surface area contributed by atoms with Crippen molar-refractivity contribution in [3.63, 3.8) is 0 Å². The van der Waals surface area contributed by atoms with Gasteiger partial charge in [0, 0.05) is 33.0 Å². The lowest BCUT2D eigenvalue weighted by Crippen LogP contribution is -2.63. The number of carbonyl (C=O) groups excluding carboxylic acids is 4. The maximum Gasteiger partial charge on any atom is 0.481 e. The van der Waals surface area contributed by atoms with Gasteiger partial charge in [-0.15, -0.1) is 0 Å². The zero-order valence-electron chi connectivity index (χ0n) is 25.5. The van der Waals surface area contributed by atoms with Gasteiger partial charge in [0.1, 0.15) is 36.6 Å². The van der Waals surface area contributed by atoms with Crippen LogP contribution in [0.25, 0.3) is 0 Å². The third kappa shape index (κ3) is 10.2. The van der Waals surface area contributed by atoms with Crippen molar-refractivity contribution >= 4 is 50.2 Å². The molecule has 25 heteroatoms. The molecule has 7 N–H and O–H groups in total. The number of esters is 3. The fraction of sp³-hybridized carbons (Fsp3) is 0.739. The number of nitrogens with zero attached hydrogens (tertiary/aromatic N) is 1. The second-order valence-electron chi connectivity index (χ2n) is 10.7. The van der Waals surface area contributed by atoms with Crippen LogP contribution in [0.5, 0.6) is 0 Å². The molecule has 1 amide bonds. The van der Waals surface area contributed by atoms with Crippen molar-refractivity contribution in [2.45, 2.75) is 95.0 Å². The Morgan fingerprint density at radius 3 is 2.27 bits per heavy atom. The summed E-state index contributed by atoms with van der Waals surface area (Å²) in [5.41, 5.74) is -2.13. The maximum atomic E-state index is 15.1. The molecule has 3 rings (SSSR count). The summed E-state index contributed by atoms with van der Waals surface area (Å²) in [4.78, 5) is 67.9. The van der Waals surface area contributed by atoms with E-state index in [1.54, 1.807) is 0 Å². The first-order valence-electron chi connectivity index (χ1n) is 13.7. The van der Waals surface area contributed by atoms with E-state index in [1.807, 2.05) is 0 Å². The molecule has 274 valence electrons. The quantitative estimate of drug-likeness (QED) is 0.0570. The zero-order valence-corrected chi connectivity index (χ0v) is 28.1. The topological polar surface area (TPSA) is 296 Å². The summed E-state index contributed by atoms with van der Waals surface area (Å²) < 4.78 is 67.7. The van der Waals surface area contributed by atoms with E-state index in [4.69, 9.17) is 39.8 Å². The van der Waals surface area contributed by atoms with E-state index in [1.165, 1.54) is 0 Å². The number of hydrogen-bond donors (Lipinski definition) is 7. The number of aliphatic hydroxyl groups excluding tert-OH is 3. The van der Waals surface area contributed by atoms with Crippen LogP contribution in [0.1, 0.15) is 27.7 Å². The number of ether oxygens (including phenoxy) is 5. The molecule has 0 aromatic rings. The third-order valence-electron chi connectivity index (χ3n) is 6.79. The molecule has 0 radical (unpaired) electrons. The van der Waals surface area contributed by atoms with E-state index < -0.39 is 119 Å². The lowest BCUT2D eigenvalue weighted by atomic mass is 9.95. The van der Waals surface area contributed by atoms with Crippen molar-refractivity contribution in [3.05, 3.63) is 12.3 Å². The fourth-order valence-corrected chi connectivity index (χ4v) is 7.83. The van der Waals surface area contributed by atoms with Gasteiger partial charge in [-0.3, -0.25) is 23.7 Å². The molecule has 0 spiro atoms. The van der Waals surface area contributed by atoms with Crippen LogP contribution in [0.15, 0.2) is 12.3 Å². The minimum Gasteiger partial charge on any atom is -0.463 e. The number of halogens is 1. The van der Waals surface area contributed by atoms with Crippen LogP contribution in [0, 0.1) is 0 Å². The molecule has 3 aliphatic rings. The highest BCUT2D eigenvalue weighted by Crippen LogP contribution is 2.62. The van der Waals surface area contributed by atoms with Gasteiger partial charge in [0.2, 0.25) is 18.5 Å². The van der Waals surface area contributed by atoms with Gasteiger partial charge in [-0.2, -0.15) is 0 Å². The van der Waals surface area contributed by atoms with E-state index in [9.17, 15) is 54.0 Å². The number of carbonyl (C=O) groups is 4. The molecule has 0 aromatic carbocycles. The van der Waals surface area contributed by atoms with Gasteiger partial charge in [0.15, 0.2) is 24.6 Å². The van der Waals surface area contributed by atoms with Crippen molar-refractivity contribution in [2.24, 2.45) is 0 Å². The summed E-state index contributed by atoms with van der Waals surface area (Å²) in [6, 6.07) is 0. The lowest BCUT2D eigenvalue weighted by Gasteiger charge is -2.43. The summed E-state index contributed by atoms with van der Waals surface area (Å²) in [5.74, 6) is -3.75. The molecule has 8 unspecified atom stereocenters. The third-order valence-corrected chi connectivity index (χ3v) is 10.3. The molecule has 2 saturated heterocycles. The molecule has 3 heterocycles. The molecule has 21 nitrogen and oxygen atoms in total. The Bertz CT molecular complexity index is 1360. The number of hydrogen-bond acceptors (Lipinski definition) is 19. The number of phosphoric acid groups is 1. The Hall–Kier alpha value is -2.21. The fourth-order valence-electron chi connectivity index (χ4n) is 4.73. The molecule has 0 bridgehead atoms. The Morgan fingerprint density at radius 2 is 1.71 bits per heavy atom. The van der Waals surface area contributed by atoms with Gasteiger partial charge in [-0.1, -0.05) is 0 Å².